The molecule has 0 radical (unpaired) electrons. The van der Waals surface area contributed by atoms with Crippen LogP contribution in [0.1, 0.15) is 50.4 Å². The number of rotatable bonds is 11. The van der Waals surface area contributed by atoms with Crippen molar-refractivity contribution in [2.45, 2.75) is 70.3 Å². The SMILES string of the molecule is C=CCn1c(COc2ccc(C)cc2OCC)nnc1SCC(=O)NC1CCCCC1. The minimum Gasteiger partial charge on any atom is -0.490 e. The number of hydrogen-bond donors (Lipinski definition) is 1. The number of carbonyl (C=O) groups excluding carboxylic acids is 1. The number of aryl methyl sites for hydroxylation is 1. The van der Waals surface area contributed by atoms with Gasteiger partial charge in [0, 0.05) is 12.6 Å². The Morgan fingerprint density at radius 1 is 1.26 bits per heavy atom. The summed E-state index contributed by atoms with van der Waals surface area (Å²) in [6, 6.07) is 6.16. The second-order valence-corrected chi connectivity index (χ2v) is 8.60. The predicted octanol–water partition coefficient (Wildman–Crippen LogP) is 4.29. The van der Waals surface area contributed by atoms with Crippen LogP contribution in [0.25, 0.3) is 0 Å². The zero-order valence-corrected chi connectivity index (χ0v) is 19.2. The summed E-state index contributed by atoms with van der Waals surface area (Å²) >= 11 is 1.39. The fourth-order valence-corrected chi connectivity index (χ4v) is 4.41. The molecular formula is C23H32N4O3S. The normalized spacial score (nSPS) is 14.3. The number of amides is 1. The summed E-state index contributed by atoms with van der Waals surface area (Å²) in [4.78, 5) is 12.3. The van der Waals surface area contributed by atoms with E-state index in [0.29, 0.717) is 47.4 Å². The molecule has 0 aliphatic heterocycles. The number of nitrogens with zero attached hydrogens (tertiary/aromatic N) is 3. The molecule has 0 unspecified atom stereocenters. The van der Waals surface area contributed by atoms with Crippen molar-refractivity contribution < 1.29 is 14.3 Å². The third-order valence-electron chi connectivity index (χ3n) is 5.16. The third kappa shape index (κ3) is 6.75. The molecule has 1 aromatic heterocycles. The first-order valence-electron chi connectivity index (χ1n) is 10.9. The highest BCUT2D eigenvalue weighted by molar-refractivity contribution is 7.99. The minimum atomic E-state index is 0.0452. The van der Waals surface area contributed by atoms with Gasteiger partial charge in [0.15, 0.2) is 22.5 Å². The quantitative estimate of drug-likeness (QED) is 0.411. The Morgan fingerprint density at radius 2 is 2.06 bits per heavy atom. The van der Waals surface area contributed by atoms with Gasteiger partial charge in [-0.2, -0.15) is 0 Å². The smallest absolute Gasteiger partial charge is 0.230 e. The molecule has 1 fully saturated rings. The average molecular weight is 445 g/mol. The maximum atomic E-state index is 12.3. The lowest BCUT2D eigenvalue weighted by Gasteiger charge is -2.22. The standard InChI is InChI=1S/C23H32N4O3S/c1-4-13-27-21(15-30-19-12-11-17(3)14-20(19)29-5-2)25-26-23(27)31-16-22(28)24-18-9-7-6-8-10-18/h4,11-12,14,18H,1,5-10,13,15-16H2,2-3H3,(H,24,28). The fraction of sp³-hybridized carbons (Fsp3) is 0.522. The van der Waals surface area contributed by atoms with Gasteiger partial charge in [-0.15, -0.1) is 16.8 Å². The number of benzene rings is 1. The molecular weight excluding hydrogens is 412 g/mol. The summed E-state index contributed by atoms with van der Waals surface area (Å²) in [6.45, 7) is 9.15. The van der Waals surface area contributed by atoms with Crippen molar-refractivity contribution in [2.75, 3.05) is 12.4 Å². The molecule has 7 nitrogen and oxygen atoms in total. The van der Waals surface area contributed by atoms with Gasteiger partial charge in [-0.1, -0.05) is 43.2 Å². The fourth-order valence-electron chi connectivity index (χ4n) is 3.64. The van der Waals surface area contributed by atoms with Crippen LogP contribution in [0.2, 0.25) is 0 Å². The number of carbonyl (C=O) groups is 1. The van der Waals surface area contributed by atoms with Crippen LogP contribution in [-0.2, 0) is 17.9 Å². The Labute approximate surface area is 188 Å². The van der Waals surface area contributed by atoms with E-state index in [0.717, 1.165) is 18.4 Å². The second kappa shape index (κ2) is 11.8. The van der Waals surface area contributed by atoms with Crippen molar-refractivity contribution in [2.24, 2.45) is 0 Å². The molecule has 1 aliphatic rings. The monoisotopic (exact) mass is 444 g/mol. The van der Waals surface area contributed by atoms with Crippen LogP contribution in [0.5, 0.6) is 11.5 Å². The van der Waals surface area contributed by atoms with Gasteiger partial charge in [0.1, 0.15) is 6.61 Å². The van der Waals surface area contributed by atoms with E-state index in [1.807, 2.05) is 36.6 Å². The highest BCUT2D eigenvalue weighted by Crippen LogP contribution is 2.29. The maximum Gasteiger partial charge on any atom is 0.230 e. The molecule has 1 aliphatic carbocycles. The van der Waals surface area contributed by atoms with Crippen molar-refractivity contribution in [1.29, 1.82) is 0 Å². The van der Waals surface area contributed by atoms with E-state index in [9.17, 15) is 4.79 Å². The van der Waals surface area contributed by atoms with Gasteiger partial charge in [0.2, 0.25) is 5.91 Å². The van der Waals surface area contributed by atoms with E-state index in [1.54, 1.807) is 6.08 Å². The molecule has 0 atom stereocenters. The molecule has 1 saturated carbocycles. The molecule has 1 aromatic carbocycles. The van der Waals surface area contributed by atoms with Crippen LogP contribution in [0.15, 0.2) is 36.0 Å². The predicted molar refractivity (Wildman–Crippen MR) is 123 cm³/mol. The van der Waals surface area contributed by atoms with E-state index >= 15 is 0 Å². The van der Waals surface area contributed by atoms with Crippen LogP contribution in [0.4, 0.5) is 0 Å². The van der Waals surface area contributed by atoms with Crippen molar-refractivity contribution >= 4 is 17.7 Å². The maximum absolute atomic E-state index is 12.3. The Kier molecular flexibility index (Phi) is 8.82. The third-order valence-corrected chi connectivity index (χ3v) is 6.13. The lowest BCUT2D eigenvalue weighted by molar-refractivity contribution is -0.119. The van der Waals surface area contributed by atoms with Crippen molar-refractivity contribution in [3.63, 3.8) is 0 Å². The number of thioether (sulfide) groups is 1. The first-order chi connectivity index (χ1) is 15.1. The number of hydrogen-bond acceptors (Lipinski definition) is 6. The highest BCUT2D eigenvalue weighted by Gasteiger charge is 2.18. The van der Waals surface area contributed by atoms with E-state index < -0.39 is 0 Å². The summed E-state index contributed by atoms with van der Waals surface area (Å²) < 4.78 is 13.6. The van der Waals surface area contributed by atoms with Gasteiger partial charge < -0.3 is 14.8 Å². The van der Waals surface area contributed by atoms with Gasteiger partial charge >= 0.3 is 0 Å². The van der Waals surface area contributed by atoms with E-state index in [1.165, 1.54) is 31.0 Å². The van der Waals surface area contributed by atoms with Gasteiger partial charge in [0.25, 0.3) is 0 Å². The highest BCUT2D eigenvalue weighted by atomic mass is 32.2. The van der Waals surface area contributed by atoms with Crippen LogP contribution in [-0.4, -0.2) is 39.1 Å². The second-order valence-electron chi connectivity index (χ2n) is 7.66. The lowest BCUT2D eigenvalue weighted by Crippen LogP contribution is -2.37. The van der Waals surface area contributed by atoms with Crippen LogP contribution in [0.3, 0.4) is 0 Å². The van der Waals surface area contributed by atoms with Crippen molar-refractivity contribution in [1.82, 2.24) is 20.1 Å². The van der Waals surface area contributed by atoms with Crippen molar-refractivity contribution in [3.8, 4) is 11.5 Å². The molecule has 1 amide bonds. The number of allylic oxidation sites excluding steroid dienone is 1. The molecule has 8 heteroatoms. The van der Waals surface area contributed by atoms with Gasteiger partial charge in [-0.05, 0) is 44.4 Å². The summed E-state index contributed by atoms with van der Waals surface area (Å²) in [5, 5.41) is 12.4. The van der Waals surface area contributed by atoms with Gasteiger partial charge in [-0.3, -0.25) is 9.36 Å². The molecule has 0 bridgehead atoms. The summed E-state index contributed by atoms with van der Waals surface area (Å²) in [6.07, 6.45) is 7.60. The number of nitrogens with one attached hydrogen (secondary N) is 1. The summed E-state index contributed by atoms with van der Waals surface area (Å²) in [7, 11) is 0. The average Bonchev–Trinajstić information content (AvgIpc) is 3.14. The van der Waals surface area contributed by atoms with Crippen LogP contribution >= 0.6 is 11.8 Å². The molecule has 3 rings (SSSR count). The van der Waals surface area contributed by atoms with Crippen LogP contribution < -0.4 is 14.8 Å². The largest absolute Gasteiger partial charge is 0.490 e. The Hall–Kier alpha value is -2.48. The molecule has 31 heavy (non-hydrogen) atoms. The molecule has 0 saturated heterocycles. The zero-order valence-electron chi connectivity index (χ0n) is 18.4. The Bertz CT molecular complexity index is 878. The topological polar surface area (TPSA) is 78.3 Å². The Morgan fingerprint density at radius 3 is 2.81 bits per heavy atom. The lowest BCUT2D eigenvalue weighted by atomic mass is 9.95. The minimum absolute atomic E-state index is 0.0452. The molecule has 1 N–H and O–H groups in total. The van der Waals surface area contributed by atoms with Gasteiger partial charge in [0.05, 0.1) is 12.4 Å². The van der Waals surface area contributed by atoms with E-state index in [2.05, 4.69) is 22.1 Å². The number of ether oxygens (including phenoxy) is 2. The number of aromatic nitrogens is 3. The summed E-state index contributed by atoms with van der Waals surface area (Å²) in [5.74, 6) is 2.42. The van der Waals surface area contributed by atoms with E-state index in [-0.39, 0.29) is 12.5 Å². The first kappa shape index (κ1) is 23.2. The van der Waals surface area contributed by atoms with Crippen molar-refractivity contribution in [3.05, 3.63) is 42.2 Å². The molecule has 168 valence electrons. The zero-order chi connectivity index (χ0) is 22.1. The molecule has 1 heterocycles. The van der Waals surface area contributed by atoms with Crippen LogP contribution in [0, 0.1) is 6.92 Å². The summed E-state index contributed by atoms with van der Waals surface area (Å²) in [5.41, 5.74) is 1.11. The van der Waals surface area contributed by atoms with Gasteiger partial charge in [-0.25, -0.2) is 0 Å². The van der Waals surface area contributed by atoms with E-state index in [4.69, 9.17) is 9.47 Å². The Balaban J connectivity index is 1.61. The molecule has 0 spiro atoms. The first-order valence-corrected chi connectivity index (χ1v) is 11.9. The molecule has 2 aromatic rings.